The molecule has 126 valence electrons. The van der Waals surface area contributed by atoms with Gasteiger partial charge in [-0.05, 0) is 30.5 Å². The van der Waals surface area contributed by atoms with E-state index in [9.17, 15) is 22.8 Å². The van der Waals surface area contributed by atoms with Gasteiger partial charge in [0.25, 0.3) is 0 Å². The second-order valence-electron chi connectivity index (χ2n) is 5.76. The van der Waals surface area contributed by atoms with Crippen molar-refractivity contribution in [1.82, 2.24) is 5.32 Å². The van der Waals surface area contributed by atoms with E-state index in [2.05, 4.69) is 5.32 Å². The Kier molecular flexibility index (Phi) is 5.28. The molecule has 1 saturated carbocycles. The summed E-state index contributed by atoms with van der Waals surface area (Å²) in [6, 6.07) is 5.85. The third-order valence-corrected chi connectivity index (χ3v) is 4.19. The molecule has 2 rings (SSSR count). The molecular weight excluding hydrogens is 311 g/mol. The molecule has 2 unspecified atom stereocenters. The fourth-order valence-electron chi connectivity index (χ4n) is 2.92. The first-order valence-corrected chi connectivity index (χ1v) is 7.45. The monoisotopic (exact) mass is 329 g/mol. The Morgan fingerprint density at radius 1 is 1.13 bits per heavy atom. The van der Waals surface area contributed by atoms with E-state index in [0.717, 1.165) is 0 Å². The fourth-order valence-corrected chi connectivity index (χ4v) is 2.92. The minimum atomic E-state index is -4.36. The zero-order valence-electron chi connectivity index (χ0n) is 12.4. The number of carboxylic acid groups (broad SMARTS) is 1. The Morgan fingerprint density at radius 2 is 1.74 bits per heavy atom. The molecule has 4 nitrogen and oxygen atoms in total. The SMILES string of the molecule is O=C(O)c1ccc(CNC(=O)C2CCCCC2C(F)(F)F)cc1. The number of benzene rings is 1. The van der Waals surface area contributed by atoms with Crippen molar-refractivity contribution >= 4 is 11.9 Å². The number of amides is 1. The predicted octanol–water partition coefficient (Wildman–Crippen LogP) is 3.37. The number of hydrogen-bond acceptors (Lipinski definition) is 2. The van der Waals surface area contributed by atoms with E-state index in [-0.39, 0.29) is 24.9 Å². The van der Waals surface area contributed by atoms with E-state index in [1.807, 2.05) is 0 Å². The second kappa shape index (κ2) is 7.02. The molecule has 1 aliphatic carbocycles. The second-order valence-corrected chi connectivity index (χ2v) is 5.76. The molecule has 7 heteroatoms. The first-order valence-electron chi connectivity index (χ1n) is 7.45. The van der Waals surface area contributed by atoms with Gasteiger partial charge in [-0.25, -0.2) is 4.79 Å². The van der Waals surface area contributed by atoms with Crippen LogP contribution in [-0.2, 0) is 11.3 Å². The largest absolute Gasteiger partial charge is 0.478 e. The average Bonchev–Trinajstić information content (AvgIpc) is 2.52. The zero-order chi connectivity index (χ0) is 17.0. The Hall–Kier alpha value is -2.05. The summed E-state index contributed by atoms with van der Waals surface area (Å²) in [5, 5.41) is 11.3. The van der Waals surface area contributed by atoms with Crippen molar-refractivity contribution in [2.75, 3.05) is 0 Å². The lowest BCUT2D eigenvalue weighted by molar-refractivity contribution is -0.198. The van der Waals surface area contributed by atoms with Crippen LogP contribution >= 0.6 is 0 Å². The molecule has 1 fully saturated rings. The standard InChI is InChI=1S/C16H18F3NO3/c17-16(18,19)13-4-2-1-3-12(13)14(21)20-9-10-5-7-11(8-6-10)15(22)23/h5-8,12-13H,1-4,9H2,(H,20,21)(H,22,23). The van der Waals surface area contributed by atoms with E-state index in [1.165, 1.54) is 24.3 Å². The Balaban J connectivity index is 1.96. The summed E-state index contributed by atoms with van der Waals surface area (Å²) in [6.07, 6.45) is -3.00. The van der Waals surface area contributed by atoms with E-state index in [0.29, 0.717) is 18.4 Å². The van der Waals surface area contributed by atoms with Gasteiger partial charge >= 0.3 is 12.1 Å². The van der Waals surface area contributed by atoms with Gasteiger partial charge in [-0.3, -0.25) is 4.79 Å². The van der Waals surface area contributed by atoms with Gasteiger partial charge in [-0.1, -0.05) is 25.0 Å². The van der Waals surface area contributed by atoms with Crippen LogP contribution in [0.3, 0.4) is 0 Å². The van der Waals surface area contributed by atoms with Gasteiger partial charge in [0.05, 0.1) is 11.5 Å². The normalized spacial score (nSPS) is 21.7. The quantitative estimate of drug-likeness (QED) is 0.890. The summed E-state index contributed by atoms with van der Waals surface area (Å²) in [6.45, 7) is 0.0831. The zero-order valence-corrected chi connectivity index (χ0v) is 12.4. The Labute approximate surface area is 131 Å². The van der Waals surface area contributed by atoms with Gasteiger partial charge in [0.1, 0.15) is 0 Å². The molecule has 1 aromatic rings. The van der Waals surface area contributed by atoms with Crippen LogP contribution in [0, 0.1) is 11.8 Å². The highest BCUT2D eigenvalue weighted by molar-refractivity contribution is 5.87. The van der Waals surface area contributed by atoms with Crippen LogP contribution in [0.1, 0.15) is 41.6 Å². The van der Waals surface area contributed by atoms with Gasteiger partial charge in [0, 0.05) is 12.5 Å². The summed E-state index contributed by atoms with van der Waals surface area (Å²) in [4.78, 5) is 22.8. The Bertz CT molecular complexity index is 569. The molecule has 2 N–H and O–H groups in total. The van der Waals surface area contributed by atoms with Crippen molar-refractivity contribution in [3.8, 4) is 0 Å². The van der Waals surface area contributed by atoms with E-state index in [1.54, 1.807) is 0 Å². The number of carbonyl (C=O) groups is 2. The van der Waals surface area contributed by atoms with Gasteiger partial charge in [0.2, 0.25) is 5.91 Å². The topological polar surface area (TPSA) is 66.4 Å². The molecule has 1 aromatic carbocycles. The van der Waals surface area contributed by atoms with Crippen molar-refractivity contribution < 1.29 is 27.9 Å². The maximum Gasteiger partial charge on any atom is 0.392 e. The first kappa shape index (κ1) is 17.3. The molecule has 0 bridgehead atoms. The number of carbonyl (C=O) groups excluding carboxylic acids is 1. The van der Waals surface area contributed by atoms with Crippen LogP contribution in [0.15, 0.2) is 24.3 Å². The molecule has 0 aromatic heterocycles. The molecule has 0 aliphatic heterocycles. The van der Waals surface area contributed by atoms with Crippen molar-refractivity contribution in [2.24, 2.45) is 11.8 Å². The summed E-state index contributed by atoms with van der Waals surface area (Å²) in [5.41, 5.74) is 0.757. The van der Waals surface area contributed by atoms with Gasteiger partial charge < -0.3 is 10.4 Å². The molecule has 1 aliphatic rings. The molecule has 0 spiro atoms. The highest BCUT2D eigenvalue weighted by atomic mass is 19.4. The lowest BCUT2D eigenvalue weighted by atomic mass is 9.78. The van der Waals surface area contributed by atoms with Gasteiger partial charge in [-0.15, -0.1) is 0 Å². The van der Waals surface area contributed by atoms with Crippen molar-refractivity contribution in [1.29, 1.82) is 0 Å². The predicted molar refractivity (Wildman–Crippen MR) is 76.8 cm³/mol. The average molecular weight is 329 g/mol. The van der Waals surface area contributed by atoms with Crippen LogP contribution in [0.25, 0.3) is 0 Å². The number of halogens is 3. The molecule has 2 atom stereocenters. The number of rotatable bonds is 4. The lowest BCUT2D eigenvalue weighted by Gasteiger charge is -2.32. The minimum Gasteiger partial charge on any atom is -0.478 e. The van der Waals surface area contributed by atoms with Crippen LogP contribution in [0.2, 0.25) is 0 Å². The van der Waals surface area contributed by atoms with Crippen LogP contribution in [0.4, 0.5) is 13.2 Å². The number of hydrogen-bond donors (Lipinski definition) is 2. The Morgan fingerprint density at radius 3 is 2.30 bits per heavy atom. The summed E-state index contributed by atoms with van der Waals surface area (Å²) >= 11 is 0. The third kappa shape index (κ3) is 4.46. The highest BCUT2D eigenvalue weighted by Crippen LogP contribution is 2.41. The van der Waals surface area contributed by atoms with Crippen molar-refractivity contribution in [3.05, 3.63) is 35.4 Å². The maximum atomic E-state index is 13.0. The molecule has 1 amide bonds. The smallest absolute Gasteiger partial charge is 0.392 e. The van der Waals surface area contributed by atoms with Crippen LogP contribution < -0.4 is 5.32 Å². The van der Waals surface area contributed by atoms with E-state index >= 15 is 0 Å². The van der Waals surface area contributed by atoms with Crippen molar-refractivity contribution in [2.45, 2.75) is 38.4 Å². The van der Waals surface area contributed by atoms with Gasteiger partial charge in [-0.2, -0.15) is 13.2 Å². The van der Waals surface area contributed by atoms with Gasteiger partial charge in [0.15, 0.2) is 0 Å². The summed E-state index contributed by atoms with van der Waals surface area (Å²) < 4.78 is 39.0. The lowest BCUT2D eigenvalue weighted by Crippen LogP contribution is -2.42. The molecular formula is C16H18F3NO3. The van der Waals surface area contributed by atoms with Crippen molar-refractivity contribution in [3.63, 3.8) is 0 Å². The number of aromatic carboxylic acids is 1. The van der Waals surface area contributed by atoms with Crippen LogP contribution in [-0.4, -0.2) is 23.2 Å². The first-order chi connectivity index (χ1) is 10.8. The van der Waals surface area contributed by atoms with E-state index < -0.39 is 29.9 Å². The summed E-state index contributed by atoms with van der Waals surface area (Å²) in [5.74, 6) is -4.27. The molecule has 23 heavy (non-hydrogen) atoms. The number of alkyl halides is 3. The molecule has 0 saturated heterocycles. The summed E-state index contributed by atoms with van der Waals surface area (Å²) in [7, 11) is 0. The minimum absolute atomic E-state index is 0.00506. The third-order valence-electron chi connectivity index (χ3n) is 4.19. The number of nitrogens with one attached hydrogen (secondary N) is 1. The molecule has 0 radical (unpaired) electrons. The van der Waals surface area contributed by atoms with Crippen LogP contribution in [0.5, 0.6) is 0 Å². The maximum absolute atomic E-state index is 13.0. The number of carboxylic acids is 1. The molecule has 0 heterocycles. The highest BCUT2D eigenvalue weighted by Gasteiger charge is 2.47. The van der Waals surface area contributed by atoms with E-state index in [4.69, 9.17) is 5.11 Å². The fraction of sp³-hybridized carbons (Fsp3) is 0.500.